The molecule has 0 fully saturated rings. The molecular weight excluding hydrogens is 200 g/mol. The third-order valence-corrected chi connectivity index (χ3v) is 1.74. The fourth-order valence-electron chi connectivity index (χ4n) is 1.11. The van der Waals surface area contributed by atoms with Crippen LogP contribution in [0.5, 0.6) is 0 Å². The van der Waals surface area contributed by atoms with Gasteiger partial charge in [-0.05, 0) is 13.8 Å². The minimum Gasteiger partial charge on any atom is -0.481 e. The van der Waals surface area contributed by atoms with Crippen LogP contribution in [0.4, 0.5) is 4.79 Å². The van der Waals surface area contributed by atoms with Crippen molar-refractivity contribution in [3.05, 3.63) is 0 Å². The first kappa shape index (κ1) is 13.7. The molecule has 6 nitrogen and oxygen atoms in total. The van der Waals surface area contributed by atoms with Gasteiger partial charge in [-0.15, -0.1) is 0 Å². The van der Waals surface area contributed by atoms with Crippen LogP contribution in [0.3, 0.4) is 0 Å². The Balaban J connectivity index is 3.95. The number of amides is 2. The molecule has 0 aromatic heterocycles. The number of carbonyl (C=O) groups is 2. The molecule has 3 N–H and O–H groups in total. The number of rotatable bonds is 5. The van der Waals surface area contributed by atoms with Crippen LogP contribution in [0, 0.1) is 0 Å². The van der Waals surface area contributed by atoms with Crippen LogP contribution in [0.2, 0.25) is 0 Å². The van der Waals surface area contributed by atoms with Crippen LogP contribution in [0.15, 0.2) is 0 Å². The van der Waals surface area contributed by atoms with E-state index >= 15 is 0 Å². The van der Waals surface area contributed by atoms with Gasteiger partial charge in [0.15, 0.2) is 0 Å². The number of nitrogens with zero attached hydrogens (tertiary/aromatic N) is 1. The van der Waals surface area contributed by atoms with Crippen molar-refractivity contribution >= 4 is 12.0 Å². The number of nitrogens with one attached hydrogen (secondary N) is 1. The molecule has 0 heterocycles. The van der Waals surface area contributed by atoms with Gasteiger partial charge in [0.1, 0.15) is 0 Å². The maximum atomic E-state index is 11.4. The van der Waals surface area contributed by atoms with Crippen LogP contribution >= 0.6 is 0 Å². The van der Waals surface area contributed by atoms with E-state index in [2.05, 4.69) is 5.32 Å². The molecule has 0 aliphatic carbocycles. The van der Waals surface area contributed by atoms with E-state index in [0.29, 0.717) is 0 Å². The summed E-state index contributed by atoms with van der Waals surface area (Å²) in [7, 11) is 1.54. The highest BCUT2D eigenvalue weighted by atomic mass is 16.4. The number of carbonyl (C=O) groups excluding carboxylic acids is 1. The second-order valence-corrected chi connectivity index (χ2v) is 3.68. The van der Waals surface area contributed by atoms with Gasteiger partial charge in [-0.3, -0.25) is 4.79 Å². The third-order valence-electron chi connectivity index (χ3n) is 1.74. The third kappa shape index (κ3) is 6.73. The molecule has 0 aliphatic heterocycles. The molecule has 0 spiro atoms. The summed E-state index contributed by atoms with van der Waals surface area (Å²) < 4.78 is 0. The van der Waals surface area contributed by atoms with Gasteiger partial charge in [-0.2, -0.15) is 0 Å². The minimum atomic E-state index is -0.957. The van der Waals surface area contributed by atoms with E-state index < -0.39 is 18.1 Å². The number of hydrogen-bond donors (Lipinski definition) is 3. The van der Waals surface area contributed by atoms with E-state index in [9.17, 15) is 9.59 Å². The molecule has 0 saturated heterocycles. The van der Waals surface area contributed by atoms with E-state index in [0.717, 1.165) is 0 Å². The zero-order valence-corrected chi connectivity index (χ0v) is 9.23. The normalized spacial score (nSPS) is 14.1. The standard InChI is InChI=1S/C9H18N2O4/c1-6(4-8(13)14)10-9(15)11(3)5-7(2)12/h6-7,12H,4-5H2,1-3H3,(H,10,15)(H,13,14). The van der Waals surface area contributed by atoms with Gasteiger partial charge < -0.3 is 20.4 Å². The monoisotopic (exact) mass is 218 g/mol. The Hall–Kier alpha value is -1.30. The fraction of sp³-hybridized carbons (Fsp3) is 0.778. The van der Waals surface area contributed by atoms with Crippen molar-refractivity contribution in [1.82, 2.24) is 10.2 Å². The van der Waals surface area contributed by atoms with Gasteiger partial charge >= 0.3 is 12.0 Å². The molecular formula is C9H18N2O4. The number of aliphatic carboxylic acids is 1. The number of aliphatic hydroxyl groups excluding tert-OH is 1. The molecule has 2 amide bonds. The molecule has 0 saturated carbocycles. The second kappa shape index (κ2) is 6.23. The lowest BCUT2D eigenvalue weighted by Crippen LogP contribution is -2.44. The Morgan fingerprint density at radius 1 is 1.40 bits per heavy atom. The maximum Gasteiger partial charge on any atom is 0.317 e. The summed E-state index contributed by atoms with van der Waals surface area (Å²) in [6, 6.07) is -0.809. The molecule has 0 radical (unpaired) electrons. The maximum absolute atomic E-state index is 11.4. The summed E-state index contributed by atoms with van der Waals surface area (Å²) in [4.78, 5) is 23.0. The zero-order chi connectivity index (χ0) is 12.0. The lowest BCUT2D eigenvalue weighted by Gasteiger charge is -2.21. The van der Waals surface area contributed by atoms with Crippen molar-refractivity contribution in [2.45, 2.75) is 32.4 Å². The molecule has 2 atom stereocenters. The summed E-state index contributed by atoms with van der Waals surface area (Å²) in [5.41, 5.74) is 0. The summed E-state index contributed by atoms with van der Waals surface area (Å²) in [6.07, 6.45) is -0.718. The SMILES string of the molecule is CC(O)CN(C)C(=O)NC(C)CC(=O)O. The van der Waals surface area contributed by atoms with Crippen molar-refractivity contribution in [3.8, 4) is 0 Å². The van der Waals surface area contributed by atoms with Crippen molar-refractivity contribution in [1.29, 1.82) is 0 Å². The van der Waals surface area contributed by atoms with Crippen molar-refractivity contribution in [2.24, 2.45) is 0 Å². The van der Waals surface area contributed by atoms with Crippen LogP contribution < -0.4 is 5.32 Å². The Bertz CT molecular complexity index is 230. The largest absolute Gasteiger partial charge is 0.481 e. The highest BCUT2D eigenvalue weighted by Gasteiger charge is 2.14. The van der Waals surface area contributed by atoms with Gasteiger partial charge in [0, 0.05) is 19.6 Å². The van der Waals surface area contributed by atoms with Gasteiger partial charge in [0.2, 0.25) is 0 Å². The molecule has 6 heteroatoms. The molecule has 0 aromatic rings. The first-order valence-corrected chi connectivity index (χ1v) is 4.74. The van der Waals surface area contributed by atoms with Crippen LogP contribution in [0.25, 0.3) is 0 Å². The number of urea groups is 1. The number of aliphatic hydroxyl groups is 1. The number of hydrogen-bond acceptors (Lipinski definition) is 3. The highest BCUT2D eigenvalue weighted by Crippen LogP contribution is 1.94. The van der Waals surface area contributed by atoms with Gasteiger partial charge in [0.05, 0.1) is 12.5 Å². The Kier molecular flexibility index (Phi) is 5.69. The summed E-state index contributed by atoms with van der Waals surface area (Å²) in [5, 5.41) is 20.0. The van der Waals surface area contributed by atoms with Crippen LogP contribution in [-0.2, 0) is 4.79 Å². The first-order chi connectivity index (χ1) is 6.82. The predicted octanol–water partition coefficient (Wildman–Crippen LogP) is -0.128. The van der Waals surface area contributed by atoms with Gasteiger partial charge in [0.25, 0.3) is 0 Å². The van der Waals surface area contributed by atoms with E-state index in [1.165, 1.54) is 11.9 Å². The number of carboxylic acids is 1. The molecule has 15 heavy (non-hydrogen) atoms. The predicted molar refractivity (Wildman–Crippen MR) is 54.6 cm³/mol. The molecule has 88 valence electrons. The Morgan fingerprint density at radius 3 is 2.33 bits per heavy atom. The van der Waals surface area contributed by atoms with Crippen molar-refractivity contribution in [3.63, 3.8) is 0 Å². The van der Waals surface area contributed by atoms with Gasteiger partial charge in [-0.1, -0.05) is 0 Å². The number of carboxylic acid groups (broad SMARTS) is 1. The van der Waals surface area contributed by atoms with E-state index in [1.807, 2.05) is 0 Å². The van der Waals surface area contributed by atoms with Crippen molar-refractivity contribution in [2.75, 3.05) is 13.6 Å². The fourth-order valence-corrected chi connectivity index (χ4v) is 1.11. The first-order valence-electron chi connectivity index (χ1n) is 4.74. The van der Waals surface area contributed by atoms with Crippen LogP contribution in [-0.4, -0.2) is 52.9 Å². The van der Waals surface area contributed by atoms with Crippen LogP contribution in [0.1, 0.15) is 20.3 Å². The van der Waals surface area contributed by atoms with Gasteiger partial charge in [-0.25, -0.2) is 4.79 Å². The lowest BCUT2D eigenvalue weighted by atomic mass is 10.2. The van der Waals surface area contributed by atoms with E-state index in [-0.39, 0.29) is 19.0 Å². The highest BCUT2D eigenvalue weighted by molar-refractivity contribution is 5.75. The lowest BCUT2D eigenvalue weighted by molar-refractivity contribution is -0.137. The summed E-state index contributed by atoms with van der Waals surface area (Å²) >= 11 is 0. The average Bonchev–Trinajstić information content (AvgIpc) is 2.00. The minimum absolute atomic E-state index is 0.117. The van der Waals surface area contributed by atoms with E-state index in [4.69, 9.17) is 10.2 Å². The smallest absolute Gasteiger partial charge is 0.317 e. The molecule has 0 rings (SSSR count). The zero-order valence-electron chi connectivity index (χ0n) is 9.23. The summed E-state index contributed by atoms with van der Waals surface area (Å²) in [6.45, 7) is 3.40. The molecule has 0 aromatic carbocycles. The average molecular weight is 218 g/mol. The second-order valence-electron chi connectivity index (χ2n) is 3.68. The van der Waals surface area contributed by atoms with Crippen molar-refractivity contribution < 1.29 is 19.8 Å². The molecule has 0 bridgehead atoms. The quantitative estimate of drug-likeness (QED) is 0.599. The summed E-state index contributed by atoms with van der Waals surface area (Å²) in [5.74, 6) is -0.957. The molecule has 2 unspecified atom stereocenters. The van der Waals surface area contributed by atoms with E-state index in [1.54, 1.807) is 13.8 Å². The Labute approximate surface area is 88.9 Å². The molecule has 0 aliphatic rings. The number of likely N-dealkylation sites (N-methyl/N-ethyl adjacent to an activating group) is 1. The Morgan fingerprint density at radius 2 is 1.93 bits per heavy atom. The topological polar surface area (TPSA) is 89.9 Å².